The second kappa shape index (κ2) is 5.40. The predicted molar refractivity (Wildman–Crippen MR) is 77.0 cm³/mol. The molecule has 1 heterocycles. The smallest absolute Gasteiger partial charge is 0.0475 e. The minimum Gasteiger partial charge on any atom is -0.344 e. The summed E-state index contributed by atoms with van der Waals surface area (Å²) in [4.78, 5) is 0. The Balaban J connectivity index is 2.26. The molecule has 1 aromatic carbocycles. The lowest BCUT2D eigenvalue weighted by molar-refractivity contribution is 0.735. The van der Waals surface area contributed by atoms with Crippen LogP contribution in [0.2, 0.25) is 0 Å². The quantitative estimate of drug-likeness (QED) is 0.871. The molecule has 0 radical (unpaired) electrons. The van der Waals surface area contributed by atoms with Gasteiger partial charge in [0.25, 0.3) is 0 Å². The first kappa shape index (κ1) is 12.9. The summed E-state index contributed by atoms with van der Waals surface area (Å²) < 4.78 is 2.39. The third-order valence-electron chi connectivity index (χ3n) is 3.51. The third-order valence-corrected chi connectivity index (χ3v) is 3.51. The summed E-state index contributed by atoms with van der Waals surface area (Å²) in [6.07, 6.45) is 0. The molecule has 96 valence electrons. The van der Waals surface area contributed by atoms with Crippen LogP contribution in [0, 0.1) is 20.8 Å². The van der Waals surface area contributed by atoms with Gasteiger partial charge in [0, 0.05) is 24.5 Å². The highest BCUT2D eigenvalue weighted by molar-refractivity contribution is 5.29. The molecule has 0 saturated carbocycles. The van der Waals surface area contributed by atoms with E-state index >= 15 is 0 Å². The fourth-order valence-electron chi connectivity index (χ4n) is 2.36. The van der Waals surface area contributed by atoms with E-state index in [0.29, 0.717) is 0 Å². The lowest BCUT2D eigenvalue weighted by Gasteiger charge is -2.10. The van der Waals surface area contributed by atoms with Crippen LogP contribution in [0.3, 0.4) is 0 Å². The second-order valence-electron chi connectivity index (χ2n) is 5.00. The van der Waals surface area contributed by atoms with Crippen molar-refractivity contribution in [1.29, 1.82) is 0 Å². The molecule has 0 bridgehead atoms. The van der Waals surface area contributed by atoms with E-state index in [0.717, 1.165) is 13.1 Å². The average Bonchev–Trinajstić information content (AvgIpc) is 2.60. The van der Waals surface area contributed by atoms with Gasteiger partial charge >= 0.3 is 0 Å². The first-order valence-corrected chi connectivity index (χ1v) is 6.47. The maximum absolute atomic E-state index is 3.22. The van der Waals surface area contributed by atoms with E-state index in [2.05, 4.69) is 61.0 Å². The fraction of sp³-hybridized carbons (Fsp3) is 0.375. The van der Waals surface area contributed by atoms with Gasteiger partial charge in [-0.2, -0.15) is 0 Å². The topological polar surface area (TPSA) is 17.0 Å². The second-order valence-corrected chi connectivity index (χ2v) is 5.00. The van der Waals surface area contributed by atoms with E-state index in [1.807, 2.05) is 7.05 Å². The maximum Gasteiger partial charge on any atom is 0.0475 e. The van der Waals surface area contributed by atoms with Crippen LogP contribution in [-0.2, 0) is 13.1 Å². The summed E-state index contributed by atoms with van der Waals surface area (Å²) in [6, 6.07) is 11.1. The Morgan fingerprint density at radius 1 is 1.06 bits per heavy atom. The van der Waals surface area contributed by atoms with E-state index in [-0.39, 0.29) is 0 Å². The van der Waals surface area contributed by atoms with Crippen LogP contribution in [0.4, 0.5) is 0 Å². The molecule has 1 N–H and O–H groups in total. The molecular weight excluding hydrogens is 220 g/mol. The molecule has 0 aliphatic heterocycles. The van der Waals surface area contributed by atoms with Gasteiger partial charge in [-0.3, -0.25) is 0 Å². The summed E-state index contributed by atoms with van der Waals surface area (Å²) in [5.74, 6) is 0. The average molecular weight is 242 g/mol. The summed E-state index contributed by atoms with van der Waals surface area (Å²) in [6.45, 7) is 8.41. The number of nitrogens with one attached hydrogen (secondary N) is 1. The molecule has 0 unspecified atom stereocenters. The van der Waals surface area contributed by atoms with Gasteiger partial charge in [0.1, 0.15) is 0 Å². The number of aromatic nitrogens is 1. The van der Waals surface area contributed by atoms with Crippen molar-refractivity contribution in [1.82, 2.24) is 9.88 Å². The van der Waals surface area contributed by atoms with Crippen LogP contribution < -0.4 is 5.32 Å². The minimum atomic E-state index is 0.938. The molecule has 0 aliphatic rings. The van der Waals surface area contributed by atoms with E-state index in [1.165, 1.54) is 28.1 Å². The molecule has 0 amide bonds. The molecule has 0 spiro atoms. The Morgan fingerprint density at radius 3 is 2.33 bits per heavy atom. The van der Waals surface area contributed by atoms with E-state index in [9.17, 15) is 0 Å². The fourth-order valence-corrected chi connectivity index (χ4v) is 2.36. The number of aryl methyl sites for hydroxylation is 2. The highest BCUT2D eigenvalue weighted by atomic mass is 15.0. The van der Waals surface area contributed by atoms with Crippen LogP contribution in [0.15, 0.2) is 30.3 Å². The van der Waals surface area contributed by atoms with Crippen molar-refractivity contribution in [3.8, 4) is 0 Å². The number of rotatable bonds is 4. The summed E-state index contributed by atoms with van der Waals surface area (Å²) in [5, 5.41) is 3.22. The summed E-state index contributed by atoms with van der Waals surface area (Å²) in [7, 11) is 1.99. The van der Waals surface area contributed by atoms with Crippen molar-refractivity contribution in [3.63, 3.8) is 0 Å². The number of benzene rings is 1. The van der Waals surface area contributed by atoms with Crippen molar-refractivity contribution in [2.45, 2.75) is 33.9 Å². The van der Waals surface area contributed by atoms with Gasteiger partial charge in [-0.1, -0.05) is 29.8 Å². The number of hydrogen-bond acceptors (Lipinski definition) is 1. The molecule has 2 aromatic rings. The van der Waals surface area contributed by atoms with Gasteiger partial charge in [0.15, 0.2) is 0 Å². The first-order chi connectivity index (χ1) is 8.61. The number of hydrogen-bond donors (Lipinski definition) is 1. The van der Waals surface area contributed by atoms with Gasteiger partial charge in [0.2, 0.25) is 0 Å². The summed E-state index contributed by atoms with van der Waals surface area (Å²) >= 11 is 0. The Hall–Kier alpha value is -1.54. The normalized spacial score (nSPS) is 10.9. The SMILES string of the molecule is CNCc1cc(C)n(Cc2ccc(C)cc2)c1C. The largest absolute Gasteiger partial charge is 0.344 e. The Morgan fingerprint density at radius 2 is 1.72 bits per heavy atom. The monoisotopic (exact) mass is 242 g/mol. The van der Waals surface area contributed by atoms with Crippen LogP contribution >= 0.6 is 0 Å². The van der Waals surface area contributed by atoms with Crippen molar-refractivity contribution in [2.75, 3.05) is 7.05 Å². The van der Waals surface area contributed by atoms with Crippen molar-refractivity contribution in [2.24, 2.45) is 0 Å². The van der Waals surface area contributed by atoms with Gasteiger partial charge in [-0.05, 0) is 45.0 Å². The van der Waals surface area contributed by atoms with Crippen LogP contribution in [0.1, 0.15) is 28.1 Å². The molecule has 0 saturated heterocycles. The van der Waals surface area contributed by atoms with E-state index in [1.54, 1.807) is 0 Å². The number of nitrogens with zero attached hydrogens (tertiary/aromatic N) is 1. The van der Waals surface area contributed by atoms with Gasteiger partial charge in [-0.15, -0.1) is 0 Å². The Labute approximate surface area is 110 Å². The molecule has 18 heavy (non-hydrogen) atoms. The Kier molecular flexibility index (Phi) is 3.87. The maximum atomic E-state index is 3.22. The van der Waals surface area contributed by atoms with Crippen LogP contribution in [-0.4, -0.2) is 11.6 Å². The molecule has 2 rings (SSSR count). The zero-order valence-corrected chi connectivity index (χ0v) is 11.7. The van der Waals surface area contributed by atoms with Crippen molar-refractivity contribution >= 4 is 0 Å². The lowest BCUT2D eigenvalue weighted by Crippen LogP contribution is -2.08. The molecule has 1 aromatic heterocycles. The minimum absolute atomic E-state index is 0.938. The molecule has 0 aliphatic carbocycles. The lowest BCUT2D eigenvalue weighted by atomic mass is 10.1. The zero-order chi connectivity index (χ0) is 13.1. The van der Waals surface area contributed by atoms with Crippen molar-refractivity contribution in [3.05, 3.63) is 58.4 Å². The molecule has 0 fully saturated rings. The first-order valence-electron chi connectivity index (χ1n) is 6.47. The van der Waals surface area contributed by atoms with Crippen LogP contribution in [0.5, 0.6) is 0 Å². The zero-order valence-electron chi connectivity index (χ0n) is 11.7. The predicted octanol–water partition coefficient (Wildman–Crippen LogP) is 3.18. The van der Waals surface area contributed by atoms with Crippen LogP contribution in [0.25, 0.3) is 0 Å². The molecular formula is C16H22N2. The summed E-state index contributed by atoms with van der Waals surface area (Å²) in [5.41, 5.74) is 6.76. The third kappa shape index (κ3) is 2.65. The molecule has 2 heteroatoms. The standard InChI is InChI=1S/C16H22N2/c1-12-5-7-15(8-6-12)11-18-13(2)9-16(10-17-4)14(18)3/h5-9,17H,10-11H2,1-4H3. The van der Waals surface area contributed by atoms with Crippen molar-refractivity contribution < 1.29 is 0 Å². The van der Waals surface area contributed by atoms with Gasteiger partial charge < -0.3 is 9.88 Å². The van der Waals surface area contributed by atoms with E-state index < -0.39 is 0 Å². The van der Waals surface area contributed by atoms with E-state index in [4.69, 9.17) is 0 Å². The molecule has 2 nitrogen and oxygen atoms in total. The molecule has 0 atom stereocenters. The highest BCUT2D eigenvalue weighted by Crippen LogP contribution is 2.17. The van der Waals surface area contributed by atoms with Gasteiger partial charge in [-0.25, -0.2) is 0 Å². The Bertz CT molecular complexity index is 521. The highest BCUT2D eigenvalue weighted by Gasteiger charge is 2.08. The van der Waals surface area contributed by atoms with Gasteiger partial charge in [0.05, 0.1) is 0 Å².